The van der Waals surface area contributed by atoms with Gasteiger partial charge < -0.3 is 9.64 Å². The van der Waals surface area contributed by atoms with Crippen molar-refractivity contribution in [1.29, 1.82) is 0 Å². The Kier molecular flexibility index (Phi) is 4.08. The maximum absolute atomic E-state index is 5.93. The molecule has 0 bridgehead atoms. The molecule has 1 saturated heterocycles. The van der Waals surface area contributed by atoms with Crippen LogP contribution in [0.15, 0.2) is 30.6 Å². The topological polar surface area (TPSA) is 56.1 Å². The Morgan fingerprint density at radius 1 is 1.21 bits per heavy atom. The fraction of sp³-hybridized carbons (Fsp3) is 0.353. The number of aromatic nitrogens is 4. The molecule has 3 aromatic rings. The van der Waals surface area contributed by atoms with Crippen molar-refractivity contribution in [3.63, 3.8) is 0 Å². The number of hydrogen-bond acceptors (Lipinski definition) is 5. The molecule has 0 spiro atoms. The SMILES string of the molecule is Cc1c(Cn2ncc3cnc(Cl)nc32)cccc1N1CCOCC1. The molecule has 0 radical (unpaired) electrons. The average molecular weight is 344 g/mol. The summed E-state index contributed by atoms with van der Waals surface area (Å²) in [6.07, 6.45) is 3.47. The van der Waals surface area contributed by atoms with Gasteiger partial charge in [0, 0.05) is 25.0 Å². The largest absolute Gasteiger partial charge is 0.378 e. The highest BCUT2D eigenvalue weighted by Gasteiger charge is 2.15. The van der Waals surface area contributed by atoms with Crippen LogP contribution in [0.5, 0.6) is 0 Å². The average Bonchev–Trinajstić information content (AvgIpc) is 3.00. The van der Waals surface area contributed by atoms with Crippen molar-refractivity contribution in [3.05, 3.63) is 47.0 Å². The first-order valence-electron chi connectivity index (χ1n) is 7.97. The Hall–Kier alpha value is -2.18. The van der Waals surface area contributed by atoms with Gasteiger partial charge in [-0.3, -0.25) is 0 Å². The first-order valence-corrected chi connectivity index (χ1v) is 8.35. The lowest BCUT2D eigenvalue weighted by Crippen LogP contribution is -2.36. The molecule has 3 heterocycles. The summed E-state index contributed by atoms with van der Waals surface area (Å²) in [5.41, 5.74) is 4.51. The number of nitrogens with zero attached hydrogens (tertiary/aromatic N) is 5. The van der Waals surface area contributed by atoms with Gasteiger partial charge in [-0.2, -0.15) is 10.1 Å². The molecule has 1 fully saturated rings. The van der Waals surface area contributed by atoms with E-state index in [-0.39, 0.29) is 5.28 Å². The van der Waals surface area contributed by atoms with E-state index >= 15 is 0 Å². The molecule has 0 saturated carbocycles. The minimum absolute atomic E-state index is 0.239. The van der Waals surface area contributed by atoms with E-state index in [0.29, 0.717) is 6.54 Å². The molecule has 6 nitrogen and oxygen atoms in total. The summed E-state index contributed by atoms with van der Waals surface area (Å²) in [5.74, 6) is 0. The van der Waals surface area contributed by atoms with Crippen LogP contribution < -0.4 is 4.90 Å². The van der Waals surface area contributed by atoms with Gasteiger partial charge in [-0.1, -0.05) is 12.1 Å². The summed E-state index contributed by atoms with van der Waals surface area (Å²) >= 11 is 5.93. The molecule has 0 N–H and O–H groups in total. The van der Waals surface area contributed by atoms with Gasteiger partial charge in [-0.05, 0) is 35.7 Å². The standard InChI is InChI=1S/C17H18ClN5O/c1-12-13(3-2-4-15(12)22-5-7-24-8-6-22)11-23-16-14(10-20-23)9-19-17(18)21-16/h2-4,9-10H,5-8,11H2,1H3. The zero-order valence-corrected chi connectivity index (χ0v) is 14.2. The Balaban J connectivity index is 1.67. The summed E-state index contributed by atoms with van der Waals surface area (Å²) in [4.78, 5) is 10.7. The lowest BCUT2D eigenvalue weighted by Gasteiger charge is -2.30. The van der Waals surface area contributed by atoms with Crippen molar-refractivity contribution in [2.45, 2.75) is 13.5 Å². The van der Waals surface area contributed by atoms with Crippen LogP contribution in [0.4, 0.5) is 5.69 Å². The molecule has 1 aliphatic heterocycles. The fourth-order valence-corrected chi connectivity index (χ4v) is 3.24. The number of ether oxygens (including phenoxy) is 1. The van der Waals surface area contributed by atoms with Crippen molar-refractivity contribution < 1.29 is 4.74 Å². The number of anilines is 1. The predicted octanol–water partition coefficient (Wildman–Crippen LogP) is 2.67. The molecule has 24 heavy (non-hydrogen) atoms. The zero-order chi connectivity index (χ0) is 16.5. The zero-order valence-electron chi connectivity index (χ0n) is 13.4. The first kappa shape index (κ1) is 15.4. The predicted molar refractivity (Wildman–Crippen MR) is 93.6 cm³/mol. The van der Waals surface area contributed by atoms with Crippen molar-refractivity contribution >= 4 is 28.3 Å². The summed E-state index contributed by atoms with van der Waals surface area (Å²) in [7, 11) is 0. The van der Waals surface area contributed by atoms with E-state index in [1.54, 1.807) is 12.4 Å². The second kappa shape index (κ2) is 6.37. The van der Waals surface area contributed by atoms with Crippen molar-refractivity contribution in [1.82, 2.24) is 19.7 Å². The molecule has 7 heteroatoms. The van der Waals surface area contributed by atoms with E-state index in [1.807, 2.05) is 4.68 Å². The lowest BCUT2D eigenvalue weighted by molar-refractivity contribution is 0.122. The van der Waals surface area contributed by atoms with E-state index < -0.39 is 0 Å². The van der Waals surface area contributed by atoms with E-state index in [1.165, 1.54) is 16.8 Å². The van der Waals surface area contributed by atoms with Crippen molar-refractivity contribution in [2.24, 2.45) is 0 Å². The summed E-state index contributed by atoms with van der Waals surface area (Å²) in [6.45, 7) is 6.23. The number of halogens is 1. The molecule has 0 unspecified atom stereocenters. The van der Waals surface area contributed by atoms with Crippen LogP contribution in [0.25, 0.3) is 11.0 Å². The van der Waals surface area contributed by atoms with E-state index in [9.17, 15) is 0 Å². The number of benzene rings is 1. The quantitative estimate of drug-likeness (QED) is 0.684. The first-order chi connectivity index (χ1) is 11.7. The Labute approximate surface area is 145 Å². The highest BCUT2D eigenvalue weighted by Crippen LogP contribution is 2.25. The highest BCUT2D eigenvalue weighted by molar-refractivity contribution is 6.28. The van der Waals surface area contributed by atoms with Crippen LogP contribution in [0.1, 0.15) is 11.1 Å². The van der Waals surface area contributed by atoms with E-state index in [4.69, 9.17) is 16.3 Å². The molecule has 0 amide bonds. The van der Waals surface area contributed by atoms with Gasteiger partial charge in [0.2, 0.25) is 5.28 Å². The second-order valence-electron chi connectivity index (χ2n) is 5.88. The Bertz CT molecular complexity index is 873. The molecule has 0 atom stereocenters. The molecule has 4 rings (SSSR count). The van der Waals surface area contributed by atoms with Gasteiger partial charge in [-0.25, -0.2) is 9.67 Å². The van der Waals surface area contributed by atoms with Crippen LogP contribution in [0.3, 0.4) is 0 Å². The lowest BCUT2D eigenvalue weighted by atomic mass is 10.1. The van der Waals surface area contributed by atoms with Crippen LogP contribution in [-0.4, -0.2) is 46.1 Å². The Morgan fingerprint density at radius 2 is 2.04 bits per heavy atom. The number of rotatable bonds is 3. The van der Waals surface area contributed by atoms with E-state index in [2.05, 4.69) is 45.1 Å². The molecule has 124 valence electrons. The van der Waals surface area contributed by atoms with Crippen molar-refractivity contribution in [2.75, 3.05) is 31.2 Å². The summed E-state index contributed by atoms with van der Waals surface area (Å²) in [6, 6.07) is 6.40. The normalized spacial score (nSPS) is 15.2. The molecule has 0 aliphatic carbocycles. The van der Waals surface area contributed by atoms with E-state index in [0.717, 1.165) is 37.3 Å². The minimum atomic E-state index is 0.239. The monoisotopic (exact) mass is 343 g/mol. The second-order valence-corrected chi connectivity index (χ2v) is 6.22. The third-order valence-electron chi connectivity index (χ3n) is 4.44. The molecule has 1 aliphatic rings. The van der Waals surface area contributed by atoms with Gasteiger partial charge in [0.1, 0.15) is 0 Å². The summed E-state index contributed by atoms with van der Waals surface area (Å²) < 4.78 is 7.32. The smallest absolute Gasteiger partial charge is 0.224 e. The maximum Gasteiger partial charge on any atom is 0.224 e. The van der Waals surface area contributed by atoms with Gasteiger partial charge in [0.05, 0.1) is 31.3 Å². The third kappa shape index (κ3) is 2.83. The maximum atomic E-state index is 5.93. The number of morpholine rings is 1. The molecule has 2 aromatic heterocycles. The minimum Gasteiger partial charge on any atom is -0.378 e. The van der Waals surface area contributed by atoms with Crippen LogP contribution in [0.2, 0.25) is 5.28 Å². The van der Waals surface area contributed by atoms with Gasteiger partial charge in [-0.15, -0.1) is 0 Å². The number of hydrogen-bond donors (Lipinski definition) is 0. The van der Waals surface area contributed by atoms with Gasteiger partial charge in [0.25, 0.3) is 0 Å². The Morgan fingerprint density at radius 3 is 2.88 bits per heavy atom. The van der Waals surface area contributed by atoms with Crippen LogP contribution >= 0.6 is 11.6 Å². The number of fused-ring (bicyclic) bond motifs is 1. The third-order valence-corrected chi connectivity index (χ3v) is 4.62. The molecular weight excluding hydrogens is 326 g/mol. The van der Waals surface area contributed by atoms with Crippen molar-refractivity contribution in [3.8, 4) is 0 Å². The molecular formula is C17H18ClN5O. The molecule has 1 aromatic carbocycles. The van der Waals surface area contributed by atoms with Gasteiger partial charge in [0.15, 0.2) is 5.65 Å². The fourth-order valence-electron chi connectivity index (χ4n) is 3.11. The highest BCUT2D eigenvalue weighted by atomic mass is 35.5. The van der Waals surface area contributed by atoms with Crippen LogP contribution in [-0.2, 0) is 11.3 Å². The summed E-state index contributed by atoms with van der Waals surface area (Å²) in [5, 5.41) is 5.57. The van der Waals surface area contributed by atoms with Gasteiger partial charge >= 0.3 is 0 Å². The van der Waals surface area contributed by atoms with Crippen LogP contribution in [0, 0.1) is 6.92 Å².